The van der Waals surface area contributed by atoms with E-state index >= 15 is 0 Å². The van der Waals surface area contributed by atoms with Gasteiger partial charge in [0.2, 0.25) is 0 Å². The van der Waals surface area contributed by atoms with Crippen LogP contribution in [0.5, 0.6) is 0 Å². The molecule has 1 aromatic heterocycles. The lowest BCUT2D eigenvalue weighted by Crippen LogP contribution is -2.32. The maximum atomic E-state index is 12.6. The predicted octanol–water partition coefficient (Wildman–Crippen LogP) is 2.24. The van der Waals surface area contributed by atoms with Crippen LogP contribution in [0.3, 0.4) is 0 Å². The molecular formula is C12H13ClF3N3O. The summed E-state index contributed by atoms with van der Waals surface area (Å²) in [5, 5.41) is -0.428. The second kappa shape index (κ2) is 5.21. The van der Waals surface area contributed by atoms with Crippen molar-refractivity contribution in [3.05, 3.63) is 28.0 Å². The third-order valence-corrected chi connectivity index (χ3v) is 3.46. The topological polar surface area (TPSA) is 59.2 Å². The Hall–Kier alpha value is -1.34. The molecule has 0 aromatic carbocycles. The van der Waals surface area contributed by atoms with Crippen molar-refractivity contribution >= 4 is 17.5 Å². The number of aryl methyl sites for hydroxylation is 1. The minimum Gasteiger partial charge on any atom is -0.337 e. The highest BCUT2D eigenvalue weighted by Gasteiger charge is 2.35. The smallest absolute Gasteiger partial charge is 0.337 e. The predicted molar refractivity (Wildman–Crippen MR) is 67.5 cm³/mol. The average molecular weight is 308 g/mol. The van der Waals surface area contributed by atoms with Gasteiger partial charge in [-0.15, -0.1) is 0 Å². The van der Waals surface area contributed by atoms with Crippen molar-refractivity contribution in [3.63, 3.8) is 0 Å². The second-order valence-electron chi connectivity index (χ2n) is 4.79. The number of hydrogen-bond donors (Lipinski definition) is 1. The molecule has 1 atom stereocenters. The van der Waals surface area contributed by atoms with Gasteiger partial charge in [-0.25, -0.2) is 4.98 Å². The Bertz CT molecular complexity index is 524. The summed E-state index contributed by atoms with van der Waals surface area (Å²) in [5.74, 6) is -0.429. The molecule has 1 amide bonds. The van der Waals surface area contributed by atoms with Gasteiger partial charge >= 0.3 is 6.18 Å². The zero-order valence-corrected chi connectivity index (χ0v) is 11.4. The van der Waals surface area contributed by atoms with Gasteiger partial charge in [0.1, 0.15) is 10.8 Å². The van der Waals surface area contributed by atoms with E-state index in [1.165, 1.54) is 11.8 Å². The lowest BCUT2D eigenvalue weighted by atomic mass is 10.1. The third-order valence-electron chi connectivity index (χ3n) is 3.19. The number of alkyl halides is 3. The van der Waals surface area contributed by atoms with Gasteiger partial charge in [0.25, 0.3) is 5.91 Å². The van der Waals surface area contributed by atoms with Crippen LogP contribution in [0.25, 0.3) is 0 Å². The molecule has 2 heterocycles. The van der Waals surface area contributed by atoms with Crippen molar-refractivity contribution in [1.82, 2.24) is 9.88 Å². The van der Waals surface area contributed by atoms with Crippen LogP contribution in [-0.4, -0.2) is 34.9 Å². The first-order chi connectivity index (χ1) is 9.20. The Kier molecular flexibility index (Phi) is 3.93. The normalized spacial score (nSPS) is 19.5. The quantitative estimate of drug-likeness (QED) is 0.809. The van der Waals surface area contributed by atoms with E-state index in [0.29, 0.717) is 19.5 Å². The molecule has 0 radical (unpaired) electrons. The summed E-state index contributed by atoms with van der Waals surface area (Å²) in [6, 6.07) is 0.718. The summed E-state index contributed by atoms with van der Waals surface area (Å²) in [4.78, 5) is 17.0. The summed E-state index contributed by atoms with van der Waals surface area (Å²) in [6.07, 6.45) is -3.93. The number of rotatable bonds is 1. The number of hydrogen-bond acceptors (Lipinski definition) is 3. The fourth-order valence-electron chi connectivity index (χ4n) is 2.17. The molecule has 0 saturated carbocycles. The molecule has 4 nitrogen and oxygen atoms in total. The van der Waals surface area contributed by atoms with Gasteiger partial charge in [0.05, 0.1) is 5.56 Å². The average Bonchev–Trinajstić information content (AvgIpc) is 2.73. The van der Waals surface area contributed by atoms with Crippen molar-refractivity contribution in [2.45, 2.75) is 25.6 Å². The SMILES string of the molecule is Cc1cc(C(F)(F)F)nc(Cl)c1C(=O)N1CC[C@H](N)C1. The van der Waals surface area contributed by atoms with E-state index in [9.17, 15) is 18.0 Å². The first kappa shape index (κ1) is 15.1. The Balaban J connectivity index is 2.36. The number of carbonyl (C=O) groups excluding carboxylic acids is 1. The number of pyridine rings is 1. The Morgan fingerprint density at radius 3 is 2.65 bits per heavy atom. The van der Waals surface area contributed by atoms with Crippen molar-refractivity contribution < 1.29 is 18.0 Å². The summed E-state index contributed by atoms with van der Waals surface area (Å²) in [5.41, 5.74) is 4.77. The van der Waals surface area contributed by atoms with Gasteiger partial charge in [-0.3, -0.25) is 4.79 Å². The van der Waals surface area contributed by atoms with Crippen LogP contribution < -0.4 is 5.73 Å². The number of aromatic nitrogens is 1. The second-order valence-corrected chi connectivity index (χ2v) is 5.15. The molecule has 0 unspecified atom stereocenters. The molecule has 110 valence electrons. The molecule has 8 heteroatoms. The molecule has 0 spiro atoms. The number of nitrogens with zero attached hydrogens (tertiary/aromatic N) is 2. The van der Waals surface area contributed by atoms with Gasteiger partial charge in [0.15, 0.2) is 0 Å². The molecule has 1 aromatic rings. The number of amides is 1. The lowest BCUT2D eigenvalue weighted by molar-refractivity contribution is -0.141. The maximum Gasteiger partial charge on any atom is 0.433 e. The standard InChI is InChI=1S/C12H13ClF3N3O/c1-6-4-8(12(14,15)16)18-10(13)9(6)11(20)19-3-2-7(17)5-19/h4,7H,2-3,5,17H2,1H3/t7-/m0/s1. The first-order valence-corrected chi connectivity index (χ1v) is 6.37. The van der Waals surface area contributed by atoms with Gasteiger partial charge in [-0.1, -0.05) is 11.6 Å². The van der Waals surface area contributed by atoms with Gasteiger partial charge < -0.3 is 10.6 Å². The zero-order valence-electron chi connectivity index (χ0n) is 10.7. The lowest BCUT2D eigenvalue weighted by Gasteiger charge is -2.18. The van der Waals surface area contributed by atoms with Crippen molar-refractivity contribution in [3.8, 4) is 0 Å². The third kappa shape index (κ3) is 2.88. The van der Waals surface area contributed by atoms with Crippen LogP contribution >= 0.6 is 11.6 Å². The van der Waals surface area contributed by atoms with E-state index in [1.807, 2.05) is 0 Å². The number of likely N-dealkylation sites (tertiary alicyclic amines) is 1. The fourth-order valence-corrected chi connectivity index (χ4v) is 2.49. The van der Waals surface area contributed by atoms with Gasteiger partial charge in [-0.05, 0) is 25.0 Å². The van der Waals surface area contributed by atoms with E-state index in [1.54, 1.807) is 0 Å². The largest absolute Gasteiger partial charge is 0.433 e. The van der Waals surface area contributed by atoms with Crippen LogP contribution in [0.2, 0.25) is 5.15 Å². The molecule has 20 heavy (non-hydrogen) atoms. The highest BCUT2D eigenvalue weighted by atomic mass is 35.5. The van der Waals surface area contributed by atoms with Gasteiger partial charge in [-0.2, -0.15) is 13.2 Å². The fraction of sp³-hybridized carbons (Fsp3) is 0.500. The van der Waals surface area contributed by atoms with E-state index in [0.717, 1.165) is 6.07 Å². The summed E-state index contributed by atoms with van der Waals surface area (Å²) >= 11 is 5.76. The highest BCUT2D eigenvalue weighted by molar-refractivity contribution is 6.32. The van der Waals surface area contributed by atoms with Crippen LogP contribution in [0, 0.1) is 6.92 Å². The molecule has 1 aliphatic rings. The van der Waals surface area contributed by atoms with E-state index in [2.05, 4.69) is 4.98 Å². The molecule has 1 aliphatic heterocycles. The van der Waals surface area contributed by atoms with E-state index in [-0.39, 0.29) is 17.2 Å². The maximum absolute atomic E-state index is 12.6. The highest BCUT2D eigenvalue weighted by Crippen LogP contribution is 2.31. The minimum absolute atomic E-state index is 0.00812. The van der Waals surface area contributed by atoms with Crippen LogP contribution in [-0.2, 0) is 6.18 Å². The Morgan fingerprint density at radius 1 is 1.55 bits per heavy atom. The Morgan fingerprint density at radius 2 is 2.20 bits per heavy atom. The molecule has 2 rings (SSSR count). The molecule has 0 bridgehead atoms. The number of carbonyl (C=O) groups is 1. The summed E-state index contributed by atoms with van der Waals surface area (Å²) < 4.78 is 37.8. The van der Waals surface area contributed by atoms with E-state index < -0.39 is 22.9 Å². The van der Waals surface area contributed by atoms with Crippen molar-refractivity contribution in [2.24, 2.45) is 5.73 Å². The van der Waals surface area contributed by atoms with Crippen molar-refractivity contribution in [1.29, 1.82) is 0 Å². The van der Waals surface area contributed by atoms with E-state index in [4.69, 9.17) is 17.3 Å². The molecule has 1 saturated heterocycles. The summed E-state index contributed by atoms with van der Waals surface area (Å²) in [6.45, 7) is 2.25. The monoisotopic (exact) mass is 307 g/mol. The molecule has 0 aliphatic carbocycles. The molecule has 1 fully saturated rings. The molecule has 2 N–H and O–H groups in total. The Labute approximate surface area is 118 Å². The van der Waals surface area contributed by atoms with Crippen LogP contribution in [0.4, 0.5) is 13.2 Å². The number of nitrogens with two attached hydrogens (primary N) is 1. The summed E-state index contributed by atoms with van der Waals surface area (Å²) in [7, 11) is 0. The minimum atomic E-state index is -4.59. The van der Waals surface area contributed by atoms with Crippen LogP contribution in [0.15, 0.2) is 6.07 Å². The van der Waals surface area contributed by atoms with Gasteiger partial charge in [0, 0.05) is 19.1 Å². The first-order valence-electron chi connectivity index (χ1n) is 5.99. The molecular weight excluding hydrogens is 295 g/mol. The van der Waals surface area contributed by atoms with Crippen LogP contribution in [0.1, 0.15) is 28.0 Å². The zero-order chi connectivity index (χ0) is 15.1. The van der Waals surface area contributed by atoms with Crippen molar-refractivity contribution in [2.75, 3.05) is 13.1 Å². The number of halogens is 4.